The quantitative estimate of drug-likeness (QED) is 0.659. The summed E-state index contributed by atoms with van der Waals surface area (Å²) >= 11 is 0. The van der Waals surface area contributed by atoms with Crippen LogP contribution in [0.4, 0.5) is 0 Å². The molecule has 1 unspecified atom stereocenters. The molecule has 0 aromatic heterocycles. The van der Waals surface area contributed by atoms with Crippen molar-refractivity contribution in [2.75, 3.05) is 0 Å². The first-order valence-corrected chi connectivity index (χ1v) is 5.77. The average Bonchev–Trinajstić information content (AvgIpc) is 2.24. The third-order valence-electron chi connectivity index (χ3n) is 2.43. The number of hydrogen-bond acceptors (Lipinski definition) is 3. The van der Waals surface area contributed by atoms with E-state index in [1.165, 1.54) is 0 Å². The molecule has 0 saturated carbocycles. The van der Waals surface area contributed by atoms with E-state index in [1.54, 1.807) is 0 Å². The zero-order chi connectivity index (χ0) is 13.8. The summed E-state index contributed by atoms with van der Waals surface area (Å²) in [6.07, 6.45) is -1.06. The van der Waals surface area contributed by atoms with Crippen LogP contribution in [0, 0.1) is 5.41 Å². The number of ether oxygens (including phenoxy) is 1. The molecular formula is C14H18O4. The van der Waals surface area contributed by atoms with Gasteiger partial charge in [-0.2, -0.15) is 0 Å². The summed E-state index contributed by atoms with van der Waals surface area (Å²) in [6.45, 7) is 5.83. The van der Waals surface area contributed by atoms with Crippen molar-refractivity contribution in [3.8, 4) is 0 Å². The molecule has 0 amide bonds. The minimum Gasteiger partial charge on any atom is -0.481 e. The van der Waals surface area contributed by atoms with Crippen LogP contribution in [0.25, 0.3) is 0 Å². The van der Waals surface area contributed by atoms with E-state index in [1.807, 2.05) is 51.1 Å². The van der Waals surface area contributed by atoms with E-state index in [2.05, 4.69) is 0 Å². The predicted molar refractivity (Wildman–Crippen MR) is 67.0 cm³/mol. The Bertz CT molecular complexity index is 417. The summed E-state index contributed by atoms with van der Waals surface area (Å²) in [4.78, 5) is 22.0. The monoisotopic (exact) mass is 250 g/mol. The highest BCUT2D eigenvalue weighted by atomic mass is 16.5. The molecule has 4 nitrogen and oxygen atoms in total. The molecule has 1 aromatic rings. The second-order valence-electron chi connectivity index (χ2n) is 5.22. The van der Waals surface area contributed by atoms with Crippen molar-refractivity contribution in [3.63, 3.8) is 0 Å². The van der Waals surface area contributed by atoms with Crippen LogP contribution < -0.4 is 0 Å². The third kappa shape index (κ3) is 4.20. The van der Waals surface area contributed by atoms with Gasteiger partial charge in [0.2, 0.25) is 0 Å². The van der Waals surface area contributed by atoms with Gasteiger partial charge in [-0.05, 0) is 5.56 Å². The molecule has 0 fully saturated rings. The lowest BCUT2D eigenvalue weighted by Crippen LogP contribution is -2.25. The summed E-state index contributed by atoms with van der Waals surface area (Å²) in [5, 5.41) is 8.57. The second kappa shape index (κ2) is 5.67. The molecule has 0 aliphatic carbocycles. The highest BCUT2D eigenvalue weighted by Crippen LogP contribution is 2.36. The Morgan fingerprint density at radius 3 is 2.22 bits per heavy atom. The zero-order valence-electron chi connectivity index (χ0n) is 10.8. The maximum atomic E-state index is 11.5. The van der Waals surface area contributed by atoms with Gasteiger partial charge >= 0.3 is 11.9 Å². The Morgan fingerprint density at radius 2 is 1.78 bits per heavy atom. The fraction of sp³-hybridized carbons (Fsp3) is 0.429. The second-order valence-corrected chi connectivity index (χ2v) is 5.22. The van der Waals surface area contributed by atoms with Crippen LogP contribution in [0.2, 0.25) is 0 Å². The maximum absolute atomic E-state index is 11.5. The third-order valence-corrected chi connectivity index (χ3v) is 2.43. The van der Waals surface area contributed by atoms with Crippen LogP contribution in [0.3, 0.4) is 0 Å². The van der Waals surface area contributed by atoms with Crippen LogP contribution in [0.1, 0.15) is 38.9 Å². The molecule has 98 valence electrons. The number of esters is 1. The van der Waals surface area contributed by atoms with E-state index in [4.69, 9.17) is 9.84 Å². The highest BCUT2D eigenvalue weighted by molar-refractivity contribution is 5.90. The lowest BCUT2D eigenvalue weighted by atomic mass is 9.84. The number of hydrogen-bond donors (Lipinski definition) is 1. The minimum atomic E-state index is -1.18. The first-order chi connectivity index (χ1) is 8.30. The molecule has 4 heteroatoms. The molecule has 0 radical (unpaired) electrons. The van der Waals surface area contributed by atoms with Crippen LogP contribution in [0.5, 0.6) is 0 Å². The molecule has 0 aliphatic rings. The highest BCUT2D eigenvalue weighted by Gasteiger charge is 2.30. The van der Waals surface area contributed by atoms with Crippen LogP contribution >= 0.6 is 0 Å². The largest absolute Gasteiger partial charge is 0.481 e. The van der Waals surface area contributed by atoms with Gasteiger partial charge in [0.1, 0.15) is 12.5 Å². The van der Waals surface area contributed by atoms with Crippen LogP contribution in [-0.4, -0.2) is 17.0 Å². The first-order valence-electron chi connectivity index (χ1n) is 5.77. The molecule has 1 N–H and O–H groups in total. The van der Waals surface area contributed by atoms with E-state index in [0.717, 1.165) is 5.56 Å². The van der Waals surface area contributed by atoms with E-state index in [9.17, 15) is 9.59 Å². The number of carbonyl (C=O) groups excluding carboxylic acids is 1. The molecule has 0 bridgehead atoms. The fourth-order valence-electron chi connectivity index (χ4n) is 1.67. The van der Waals surface area contributed by atoms with Crippen molar-refractivity contribution < 1.29 is 19.4 Å². The Labute approximate surface area is 107 Å². The average molecular weight is 250 g/mol. The van der Waals surface area contributed by atoms with Gasteiger partial charge in [-0.15, -0.1) is 0 Å². The van der Waals surface area contributed by atoms with Crippen molar-refractivity contribution in [3.05, 3.63) is 35.9 Å². The standard InChI is InChI=1S/C14H18O4/c1-14(2,3)13(10-7-5-4-6-8-10)18-12(17)9-11(15)16/h4-8,13H,9H2,1-3H3,(H,15,16). The van der Waals surface area contributed by atoms with E-state index >= 15 is 0 Å². The first kappa shape index (κ1) is 14.2. The minimum absolute atomic E-state index is 0.296. The van der Waals surface area contributed by atoms with Gasteiger partial charge in [0, 0.05) is 5.41 Å². The van der Waals surface area contributed by atoms with Crippen LogP contribution in [0.15, 0.2) is 30.3 Å². The van der Waals surface area contributed by atoms with Crippen molar-refractivity contribution in [2.24, 2.45) is 5.41 Å². The summed E-state index contributed by atoms with van der Waals surface area (Å²) in [6, 6.07) is 9.33. The number of benzene rings is 1. The molecule has 0 spiro atoms. The van der Waals surface area contributed by atoms with Gasteiger partial charge in [0.05, 0.1) is 0 Å². The lowest BCUT2D eigenvalue weighted by Gasteiger charge is -2.30. The number of carboxylic acid groups (broad SMARTS) is 1. The molecule has 18 heavy (non-hydrogen) atoms. The summed E-state index contributed by atoms with van der Waals surface area (Å²) in [7, 11) is 0. The van der Waals surface area contributed by atoms with Gasteiger partial charge in [0.15, 0.2) is 0 Å². The maximum Gasteiger partial charge on any atom is 0.317 e. The normalized spacial score (nSPS) is 12.8. The molecular weight excluding hydrogens is 232 g/mol. The van der Waals surface area contributed by atoms with Crippen molar-refractivity contribution in [2.45, 2.75) is 33.3 Å². The Morgan fingerprint density at radius 1 is 1.22 bits per heavy atom. The van der Waals surface area contributed by atoms with E-state index < -0.39 is 24.5 Å². The van der Waals surface area contributed by atoms with Gasteiger partial charge in [-0.1, -0.05) is 51.1 Å². The Kier molecular flexibility index (Phi) is 4.48. The summed E-state index contributed by atoms with van der Waals surface area (Å²) in [5.41, 5.74) is 0.568. The molecule has 0 aliphatic heterocycles. The van der Waals surface area contributed by atoms with Crippen molar-refractivity contribution in [1.82, 2.24) is 0 Å². The smallest absolute Gasteiger partial charge is 0.317 e. The van der Waals surface area contributed by atoms with Gasteiger partial charge in [-0.3, -0.25) is 9.59 Å². The molecule has 1 rings (SSSR count). The van der Waals surface area contributed by atoms with E-state index in [-0.39, 0.29) is 5.41 Å². The Balaban J connectivity index is 2.88. The van der Waals surface area contributed by atoms with Gasteiger partial charge < -0.3 is 9.84 Å². The molecule has 0 saturated heterocycles. The number of carbonyl (C=O) groups is 2. The number of carboxylic acids is 1. The van der Waals surface area contributed by atoms with Crippen LogP contribution in [-0.2, 0) is 14.3 Å². The van der Waals surface area contributed by atoms with Crippen molar-refractivity contribution >= 4 is 11.9 Å². The summed E-state index contributed by atoms with van der Waals surface area (Å²) in [5.74, 6) is -1.90. The SMILES string of the molecule is CC(C)(C)C(OC(=O)CC(=O)O)c1ccccc1. The topological polar surface area (TPSA) is 63.6 Å². The van der Waals surface area contributed by atoms with Crippen molar-refractivity contribution in [1.29, 1.82) is 0 Å². The number of rotatable bonds is 4. The number of aliphatic carboxylic acids is 1. The molecule has 1 aromatic carbocycles. The summed E-state index contributed by atoms with van der Waals surface area (Å²) < 4.78 is 5.29. The lowest BCUT2D eigenvalue weighted by molar-refractivity contribution is -0.160. The predicted octanol–water partition coefficient (Wildman–Crippen LogP) is 2.79. The molecule has 0 heterocycles. The van der Waals surface area contributed by atoms with Gasteiger partial charge in [-0.25, -0.2) is 0 Å². The molecule has 1 atom stereocenters. The van der Waals surface area contributed by atoms with Gasteiger partial charge in [0.25, 0.3) is 0 Å². The fourth-order valence-corrected chi connectivity index (χ4v) is 1.67. The Hall–Kier alpha value is -1.84. The zero-order valence-corrected chi connectivity index (χ0v) is 10.8. The van der Waals surface area contributed by atoms with E-state index in [0.29, 0.717) is 0 Å².